The molecule has 2 aliphatic rings. The van der Waals surface area contributed by atoms with E-state index in [4.69, 9.17) is 9.47 Å². The number of morpholine rings is 1. The lowest BCUT2D eigenvalue weighted by Crippen LogP contribution is -2.37. The third-order valence-electron chi connectivity index (χ3n) is 4.99. The zero-order valence-electron chi connectivity index (χ0n) is 14.4. The highest BCUT2D eigenvalue weighted by Crippen LogP contribution is 2.20. The Bertz CT molecular complexity index is 457. The van der Waals surface area contributed by atoms with E-state index in [0.717, 1.165) is 64.2 Å². The zero-order chi connectivity index (χ0) is 15.9. The van der Waals surface area contributed by atoms with Gasteiger partial charge in [-0.15, -0.1) is 0 Å². The molecule has 4 heteroatoms. The number of likely N-dealkylation sites (tertiary alicyclic amines) is 1. The molecule has 0 amide bonds. The minimum Gasteiger partial charge on any atom is -0.494 e. The molecule has 2 heterocycles. The van der Waals surface area contributed by atoms with Gasteiger partial charge in [0.15, 0.2) is 0 Å². The lowest BCUT2D eigenvalue weighted by Gasteiger charge is -2.26. The quantitative estimate of drug-likeness (QED) is 0.722. The van der Waals surface area contributed by atoms with Crippen LogP contribution in [0.3, 0.4) is 0 Å². The van der Waals surface area contributed by atoms with E-state index < -0.39 is 0 Å². The lowest BCUT2D eigenvalue weighted by atomic mass is 10.2. The lowest BCUT2D eigenvalue weighted by molar-refractivity contribution is 0.0358. The van der Waals surface area contributed by atoms with Crippen LogP contribution in [-0.4, -0.2) is 61.8 Å². The maximum absolute atomic E-state index is 5.87. The van der Waals surface area contributed by atoms with Crippen LogP contribution >= 0.6 is 0 Å². The molecular weight excluding hydrogens is 288 g/mol. The fourth-order valence-corrected chi connectivity index (χ4v) is 3.46. The van der Waals surface area contributed by atoms with E-state index in [1.54, 1.807) is 0 Å². The Kier molecular flexibility index (Phi) is 6.31. The van der Waals surface area contributed by atoms with Gasteiger partial charge in [-0.3, -0.25) is 9.80 Å². The first kappa shape index (κ1) is 16.7. The van der Waals surface area contributed by atoms with Gasteiger partial charge in [-0.1, -0.05) is 12.1 Å². The summed E-state index contributed by atoms with van der Waals surface area (Å²) in [4.78, 5) is 5.02. The Morgan fingerprint density at radius 3 is 2.61 bits per heavy atom. The molecule has 0 aliphatic carbocycles. The Labute approximate surface area is 140 Å². The highest BCUT2D eigenvalue weighted by molar-refractivity contribution is 5.27. The van der Waals surface area contributed by atoms with Crippen LogP contribution < -0.4 is 4.74 Å². The van der Waals surface area contributed by atoms with Crippen molar-refractivity contribution < 1.29 is 9.47 Å². The van der Waals surface area contributed by atoms with E-state index in [9.17, 15) is 0 Å². The first-order valence-electron chi connectivity index (χ1n) is 9.07. The van der Waals surface area contributed by atoms with Gasteiger partial charge >= 0.3 is 0 Å². The Hall–Kier alpha value is -1.10. The molecule has 0 N–H and O–H groups in total. The first-order chi connectivity index (χ1) is 11.3. The van der Waals surface area contributed by atoms with Gasteiger partial charge in [0.25, 0.3) is 0 Å². The predicted octanol–water partition coefficient (Wildman–Crippen LogP) is 2.77. The SMILES string of the molecule is CC1CCCN1Cc1ccc(OCCCN2CCOCC2)cc1. The van der Waals surface area contributed by atoms with Gasteiger partial charge < -0.3 is 9.47 Å². The van der Waals surface area contributed by atoms with Crippen molar-refractivity contribution in [2.75, 3.05) is 46.0 Å². The number of hydrogen-bond acceptors (Lipinski definition) is 4. The van der Waals surface area contributed by atoms with E-state index >= 15 is 0 Å². The Morgan fingerprint density at radius 2 is 1.91 bits per heavy atom. The molecule has 1 aromatic rings. The normalized spacial score (nSPS) is 23.3. The number of hydrogen-bond donors (Lipinski definition) is 0. The fourth-order valence-electron chi connectivity index (χ4n) is 3.46. The summed E-state index contributed by atoms with van der Waals surface area (Å²) in [6.07, 6.45) is 3.75. The molecule has 0 aromatic heterocycles. The standard InChI is InChI=1S/C19H30N2O2/c1-17-4-2-10-21(17)16-18-5-7-19(8-6-18)23-13-3-9-20-11-14-22-15-12-20/h5-8,17H,2-4,9-16H2,1H3. The van der Waals surface area contributed by atoms with Crippen LogP contribution in [0.1, 0.15) is 31.7 Å². The van der Waals surface area contributed by atoms with Crippen LogP contribution in [0.5, 0.6) is 5.75 Å². The van der Waals surface area contributed by atoms with Crippen molar-refractivity contribution in [1.82, 2.24) is 9.80 Å². The first-order valence-corrected chi connectivity index (χ1v) is 9.07. The summed E-state index contributed by atoms with van der Waals surface area (Å²) >= 11 is 0. The van der Waals surface area contributed by atoms with Crippen molar-refractivity contribution in [3.8, 4) is 5.75 Å². The van der Waals surface area contributed by atoms with Gasteiger partial charge in [-0.2, -0.15) is 0 Å². The number of rotatable bonds is 7. The summed E-state index contributed by atoms with van der Waals surface area (Å²) in [7, 11) is 0. The molecule has 2 fully saturated rings. The molecule has 0 spiro atoms. The van der Waals surface area contributed by atoms with E-state index in [1.165, 1.54) is 24.9 Å². The maximum atomic E-state index is 5.87. The van der Waals surface area contributed by atoms with Crippen molar-refractivity contribution in [1.29, 1.82) is 0 Å². The number of ether oxygens (including phenoxy) is 2. The summed E-state index contributed by atoms with van der Waals surface area (Å²) in [6.45, 7) is 10.4. The van der Waals surface area contributed by atoms with Gasteiger partial charge in [0, 0.05) is 32.2 Å². The smallest absolute Gasteiger partial charge is 0.119 e. The van der Waals surface area contributed by atoms with Gasteiger partial charge in [-0.05, 0) is 50.4 Å². The van der Waals surface area contributed by atoms with E-state index in [0.29, 0.717) is 0 Å². The summed E-state index contributed by atoms with van der Waals surface area (Å²) in [6, 6.07) is 9.38. The van der Waals surface area contributed by atoms with E-state index in [1.807, 2.05) is 0 Å². The molecule has 4 nitrogen and oxygen atoms in total. The second kappa shape index (κ2) is 8.67. The highest BCUT2D eigenvalue weighted by Gasteiger charge is 2.19. The van der Waals surface area contributed by atoms with Gasteiger partial charge in [0.1, 0.15) is 5.75 Å². The highest BCUT2D eigenvalue weighted by atomic mass is 16.5. The number of nitrogens with zero attached hydrogens (tertiary/aromatic N) is 2. The largest absolute Gasteiger partial charge is 0.494 e. The third-order valence-corrected chi connectivity index (χ3v) is 4.99. The van der Waals surface area contributed by atoms with Crippen LogP contribution in [-0.2, 0) is 11.3 Å². The maximum Gasteiger partial charge on any atom is 0.119 e. The van der Waals surface area contributed by atoms with Crippen LogP contribution in [0.15, 0.2) is 24.3 Å². The fraction of sp³-hybridized carbons (Fsp3) is 0.684. The van der Waals surface area contributed by atoms with Crippen LogP contribution in [0.25, 0.3) is 0 Å². The van der Waals surface area contributed by atoms with Crippen LogP contribution in [0, 0.1) is 0 Å². The van der Waals surface area contributed by atoms with Gasteiger partial charge in [0.2, 0.25) is 0 Å². The van der Waals surface area contributed by atoms with E-state index in [-0.39, 0.29) is 0 Å². The predicted molar refractivity (Wildman–Crippen MR) is 92.9 cm³/mol. The molecule has 23 heavy (non-hydrogen) atoms. The molecule has 1 unspecified atom stereocenters. The van der Waals surface area contributed by atoms with Crippen molar-refractivity contribution in [3.63, 3.8) is 0 Å². The Balaban J connectivity index is 1.35. The van der Waals surface area contributed by atoms with Gasteiger partial charge in [-0.25, -0.2) is 0 Å². The minimum atomic E-state index is 0.728. The monoisotopic (exact) mass is 318 g/mol. The molecule has 3 rings (SSSR count). The van der Waals surface area contributed by atoms with Crippen molar-refractivity contribution >= 4 is 0 Å². The molecule has 1 aromatic carbocycles. The minimum absolute atomic E-state index is 0.728. The molecule has 0 saturated carbocycles. The summed E-state index contributed by atoms with van der Waals surface area (Å²) in [5.41, 5.74) is 1.39. The molecule has 2 aliphatic heterocycles. The van der Waals surface area contributed by atoms with E-state index in [2.05, 4.69) is 41.0 Å². The van der Waals surface area contributed by atoms with Crippen molar-refractivity contribution in [3.05, 3.63) is 29.8 Å². The van der Waals surface area contributed by atoms with Gasteiger partial charge in [0.05, 0.1) is 19.8 Å². The molecular formula is C19H30N2O2. The summed E-state index contributed by atoms with van der Waals surface area (Å²) in [5, 5.41) is 0. The molecule has 128 valence electrons. The molecule has 0 radical (unpaired) electrons. The average Bonchev–Trinajstić information content (AvgIpc) is 2.99. The van der Waals surface area contributed by atoms with Crippen LogP contribution in [0.4, 0.5) is 0 Å². The third kappa shape index (κ3) is 5.20. The van der Waals surface area contributed by atoms with Crippen molar-refractivity contribution in [2.45, 2.75) is 38.8 Å². The second-order valence-electron chi connectivity index (χ2n) is 6.76. The summed E-state index contributed by atoms with van der Waals surface area (Å²) < 4.78 is 11.2. The summed E-state index contributed by atoms with van der Waals surface area (Å²) in [5.74, 6) is 0.991. The average molecular weight is 318 g/mol. The van der Waals surface area contributed by atoms with Crippen LogP contribution in [0.2, 0.25) is 0 Å². The molecule has 2 saturated heterocycles. The number of benzene rings is 1. The molecule has 0 bridgehead atoms. The topological polar surface area (TPSA) is 24.9 Å². The second-order valence-corrected chi connectivity index (χ2v) is 6.76. The molecule has 1 atom stereocenters. The van der Waals surface area contributed by atoms with Crippen molar-refractivity contribution in [2.24, 2.45) is 0 Å². The zero-order valence-corrected chi connectivity index (χ0v) is 14.4. The Morgan fingerprint density at radius 1 is 1.13 bits per heavy atom.